The molecule has 1 fully saturated rings. The van der Waals surface area contributed by atoms with Crippen molar-refractivity contribution >= 4 is 43.4 Å². The maximum absolute atomic E-state index is 13.0. The van der Waals surface area contributed by atoms with Crippen LogP contribution < -0.4 is 15.8 Å². The predicted molar refractivity (Wildman–Crippen MR) is 102 cm³/mol. The molecule has 0 spiro atoms. The molecule has 1 saturated heterocycles. The van der Waals surface area contributed by atoms with Gasteiger partial charge in [0.25, 0.3) is 5.56 Å². The summed E-state index contributed by atoms with van der Waals surface area (Å²) in [5.74, 6) is 0.771. The molecule has 4 rings (SSSR count). The van der Waals surface area contributed by atoms with Crippen LogP contribution >= 0.6 is 27.3 Å². The zero-order valence-corrected chi connectivity index (χ0v) is 15.4. The third-order valence-electron chi connectivity index (χ3n) is 4.18. The number of halogens is 1. The van der Waals surface area contributed by atoms with Crippen LogP contribution in [0.15, 0.2) is 45.0 Å². The van der Waals surface area contributed by atoms with Crippen molar-refractivity contribution in [2.24, 2.45) is 0 Å². The fraction of sp³-hybridized carbons (Fsp3) is 0.294. The summed E-state index contributed by atoms with van der Waals surface area (Å²) < 4.78 is 3.55. The monoisotopic (exact) mass is 404 g/mol. The minimum absolute atomic E-state index is 0.0449. The Morgan fingerprint density at radius 1 is 1.25 bits per heavy atom. The summed E-state index contributed by atoms with van der Waals surface area (Å²) in [4.78, 5) is 20.0. The van der Waals surface area contributed by atoms with Gasteiger partial charge in [0.05, 0.1) is 12.1 Å². The van der Waals surface area contributed by atoms with Crippen molar-refractivity contribution in [1.82, 2.24) is 14.9 Å². The Labute approximate surface area is 152 Å². The van der Waals surface area contributed by atoms with Gasteiger partial charge in [-0.25, -0.2) is 4.98 Å². The van der Waals surface area contributed by atoms with Crippen molar-refractivity contribution in [1.29, 1.82) is 0 Å². The van der Waals surface area contributed by atoms with Gasteiger partial charge in [-0.2, -0.15) is 0 Å². The van der Waals surface area contributed by atoms with E-state index < -0.39 is 0 Å². The Bertz CT molecular complexity index is 930. The van der Waals surface area contributed by atoms with Gasteiger partial charge in [0.2, 0.25) is 5.95 Å². The lowest BCUT2D eigenvalue weighted by molar-refractivity contribution is 0.564. The molecule has 0 atom stereocenters. The van der Waals surface area contributed by atoms with Gasteiger partial charge in [-0.1, -0.05) is 28.1 Å². The van der Waals surface area contributed by atoms with Gasteiger partial charge in [0.1, 0.15) is 4.70 Å². The average molecular weight is 405 g/mol. The standard InChI is InChI=1S/C17H17BrN4OS/c18-13-3-1-2-12(10-13)11-22-16(23)15-14(4-9-24-15)20-17(22)21-7-5-19-6-8-21/h1-4,9-10,19H,5-8,11H2. The molecule has 2 aromatic heterocycles. The average Bonchev–Trinajstić information content (AvgIpc) is 3.07. The maximum atomic E-state index is 13.0. The van der Waals surface area contributed by atoms with Gasteiger partial charge in [-0.05, 0) is 29.1 Å². The number of piperazine rings is 1. The summed E-state index contributed by atoms with van der Waals surface area (Å²) in [6.45, 7) is 4.07. The van der Waals surface area contributed by atoms with E-state index in [1.165, 1.54) is 11.3 Å². The summed E-state index contributed by atoms with van der Waals surface area (Å²) >= 11 is 4.96. The largest absolute Gasteiger partial charge is 0.340 e. The van der Waals surface area contributed by atoms with Crippen molar-refractivity contribution in [3.8, 4) is 0 Å². The molecule has 3 heterocycles. The Hall–Kier alpha value is -1.70. The Balaban J connectivity index is 1.84. The van der Waals surface area contributed by atoms with Gasteiger partial charge < -0.3 is 10.2 Å². The van der Waals surface area contributed by atoms with E-state index in [-0.39, 0.29) is 5.56 Å². The van der Waals surface area contributed by atoms with Crippen LogP contribution in [-0.2, 0) is 6.54 Å². The molecular weight excluding hydrogens is 388 g/mol. The molecule has 1 aromatic carbocycles. The second-order valence-corrected chi connectivity index (χ2v) is 7.64. The number of rotatable bonds is 3. The molecule has 0 radical (unpaired) electrons. The normalized spacial score (nSPS) is 15.1. The van der Waals surface area contributed by atoms with Crippen LogP contribution in [0.25, 0.3) is 10.2 Å². The summed E-state index contributed by atoms with van der Waals surface area (Å²) in [6, 6.07) is 10.00. The van der Waals surface area contributed by atoms with Crippen LogP contribution in [0.1, 0.15) is 5.56 Å². The Morgan fingerprint density at radius 2 is 2.08 bits per heavy atom. The van der Waals surface area contributed by atoms with Crippen molar-refractivity contribution in [2.45, 2.75) is 6.54 Å². The molecule has 5 nitrogen and oxygen atoms in total. The third-order valence-corrected chi connectivity index (χ3v) is 5.56. The number of hydrogen-bond donors (Lipinski definition) is 1. The molecule has 124 valence electrons. The molecular formula is C17H17BrN4OS. The molecule has 0 amide bonds. The highest BCUT2D eigenvalue weighted by atomic mass is 79.9. The molecule has 1 N–H and O–H groups in total. The van der Waals surface area contributed by atoms with E-state index in [9.17, 15) is 4.79 Å². The van der Waals surface area contributed by atoms with Crippen molar-refractivity contribution < 1.29 is 0 Å². The molecule has 1 aliphatic heterocycles. The zero-order chi connectivity index (χ0) is 16.5. The van der Waals surface area contributed by atoms with Gasteiger partial charge >= 0.3 is 0 Å². The van der Waals surface area contributed by atoms with Crippen molar-refractivity contribution in [2.75, 3.05) is 31.1 Å². The Morgan fingerprint density at radius 3 is 2.88 bits per heavy atom. The smallest absolute Gasteiger partial charge is 0.273 e. The number of fused-ring (bicyclic) bond motifs is 1. The maximum Gasteiger partial charge on any atom is 0.273 e. The number of benzene rings is 1. The second kappa shape index (κ2) is 6.66. The number of aromatic nitrogens is 2. The lowest BCUT2D eigenvalue weighted by Crippen LogP contribution is -2.46. The van der Waals surface area contributed by atoms with E-state index in [2.05, 4.69) is 26.1 Å². The first-order valence-corrected chi connectivity index (χ1v) is 9.58. The van der Waals surface area contributed by atoms with Crippen LogP contribution in [0, 0.1) is 0 Å². The van der Waals surface area contributed by atoms with Crippen LogP contribution in [0.4, 0.5) is 5.95 Å². The predicted octanol–water partition coefficient (Wildman–Crippen LogP) is 2.68. The Kier molecular flexibility index (Phi) is 4.39. The van der Waals surface area contributed by atoms with E-state index in [4.69, 9.17) is 4.98 Å². The van der Waals surface area contributed by atoms with Gasteiger partial charge in [-0.3, -0.25) is 9.36 Å². The third kappa shape index (κ3) is 2.99. The molecule has 0 bridgehead atoms. The zero-order valence-electron chi connectivity index (χ0n) is 13.0. The lowest BCUT2D eigenvalue weighted by Gasteiger charge is -2.30. The van der Waals surface area contributed by atoms with E-state index in [1.807, 2.05) is 40.3 Å². The fourth-order valence-electron chi connectivity index (χ4n) is 3.00. The van der Waals surface area contributed by atoms with E-state index in [1.54, 1.807) is 0 Å². The molecule has 3 aromatic rings. The molecule has 0 unspecified atom stereocenters. The van der Waals surface area contributed by atoms with Crippen molar-refractivity contribution in [3.05, 3.63) is 56.1 Å². The quantitative estimate of drug-likeness (QED) is 0.728. The topological polar surface area (TPSA) is 50.2 Å². The molecule has 0 aliphatic carbocycles. The van der Waals surface area contributed by atoms with Crippen LogP contribution in [0.2, 0.25) is 0 Å². The molecule has 7 heteroatoms. The minimum Gasteiger partial charge on any atom is -0.340 e. The second-order valence-electron chi connectivity index (χ2n) is 5.81. The number of hydrogen-bond acceptors (Lipinski definition) is 5. The number of thiophene rings is 1. The van der Waals surface area contributed by atoms with Gasteiger partial charge in [-0.15, -0.1) is 11.3 Å². The highest BCUT2D eigenvalue weighted by Gasteiger charge is 2.19. The minimum atomic E-state index is 0.0449. The number of anilines is 1. The summed E-state index contributed by atoms with van der Waals surface area (Å²) in [7, 11) is 0. The molecule has 24 heavy (non-hydrogen) atoms. The van der Waals surface area contributed by atoms with E-state index in [0.717, 1.165) is 52.4 Å². The SMILES string of the molecule is O=c1c2sccc2nc(N2CCNCC2)n1Cc1cccc(Br)c1. The van der Waals surface area contributed by atoms with Crippen LogP contribution in [0.5, 0.6) is 0 Å². The first-order valence-electron chi connectivity index (χ1n) is 7.90. The number of nitrogens with zero attached hydrogens (tertiary/aromatic N) is 3. The van der Waals surface area contributed by atoms with Crippen LogP contribution in [-0.4, -0.2) is 35.7 Å². The summed E-state index contributed by atoms with van der Waals surface area (Å²) in [6.07, 6.45) is 0. The summed E-state index contributed by atoms with van der Waals surface area (Å²) in [5.41, 5.74) is 1.92. The van der Waals surface area contributed by atoms with Gasteiger partial charge in [0.15, 0.2) is 0 Å². The highest BCUT2D eigenvalue weighted by molar-refractivity contribution is 9.10. The van der Waals surface area contributed by atoms with Crippen LogP contribution in [0.3, 0.4) is 0 Å². The molecule has 1 aliphatic rings. The lowest BCUT2D eigenvalue weighted by atomic mass is 10.2. The highest BCUT2D eigenvalue weighted by Crippen LogP contribution is 2.21. The van der Waals surface area contributed by atoms with Crippen molar-refractivity contribution in [3.63, 3.8) is 0 Å². The van der Waals surface area contributed by atoms with E-state index in [0.29, 0.717) is 6.54 Å². The summed E-state index contributed by atoms with van der Waals surface area (Å²) in [5, 5.41) is 5.28. The fourth-order valence-corrected chi connectivity index (χ4v) is 4.22. The van der Waals surface area contributed by atoms with Gasteiger partial charge in [0, 0.05) is 30.7 Å². The molecule has 0 saturated carbocycles. The first-order chi connectivity index (χ1) is 11.7. The number of nitrogens with one attached hydrogen (secondary N) is 1. The first kappa shape index (κ1) is 15.8. The van der Waals surface area contributed by atoms with E-state index >= 15 is 0 Å².